The summed E-state index contributed by atoms with van der Waals surface area (Å²) in [5.74, 6) is -1.88. The molecule has 0 saturated carbocycles. The molecule has 1 aliphatic rings. The lowest BCUT2D eigenvalue weighted by Gasteiger charge is -2.09. The zero-order valence-electron chi connectivity index (χ0n) is 14.8. The van der Waals surface area contributed by atoms with E-state index in [0.717, 1.165) is 17.7 Å². The molecule has 0 saturated heterocycles. The molecule has 3 aromatic rings. The van der Waals surface area contributed by atoms with Crippen LogP contribution in [0.2, 0.25) is 0 Å². The van der Waals surface area contributed by atoms with Crippen molar-refractivity contribution in [3.8, 4) is 11.3 Å². The Morgan fingerprint density at radius 3 is 2.74 bits per heavy atom. The van der Waals surface area contributed by atoms with Crippen LogP contribution in [-0.4, -0.2) is 15.7 Å². The molecule has 0 aliphatic carbocycles. The molecule has 1 aliphatic heterocycles. The van der Waals surface area contributed by atoms with Crippen molar-refractivity contribution in [1.82, 2.24) is 9.78 Å². The lowest BCUT2D eigenvalue weighted by molar-refractivity contribution is 0.0472. The number of benzene rings is 2. The molecule has 27 heavy (non-hydrogen) atoms. The zero-order chi connectivity index (χ0) is 19.0. The molecule has 0 radical (unpaired) electrons. The summed E-state index contributed by atoms with van der Waals surface area (Å²) in [4.78, 5) is 12.8. The maximum absolute atomic E-state index is 14.7. The lowest BCUT2D eigenvalue weighted by Crippen LogP contribution is -2.09. The fraction of sp³-hybridized carbons (Fsp3) is 0.238. The van der Waals surface area contributed by atoms with Crippen molar-refractivity contribution in [2.75, 3.05) is 0 Å². The van der Waals surface area contributed by atoms with Gasteiger partial charge >= 0.3 is 5.97 Å². The number of carbonyl (C=O) groups excluding carboxylic acids is 1. The smallest absolute Gasteiger partial charge is 0.342 e. The average molecular weight is 368 g/mol. The Kier molecular flexibility index (Phi) is 4.48. The molecule has 138 valence electrons. The quantitative estimate of drug-likeness (QED) is 0.640. The Bertz CT molecular complexity index is 1010. The van der Waals surface area contributed by atoms with Crippen LogP contribution in [0.1, 0.15) is 33.6 Å². The zero-order valence-corrected chi connectivity index (χ0v) is 14.8. The van der Waals surface area contributed by atoms with Gasteiger partial charge < -0.3 is 4.74 Å². The molecule has 2 heterocycles. The lowest BCUT2D eigenvalue weighted by atomic mass is 10.0. The summed E-state index contributed by atoms with van der Waals surface area (Å²) in [6.07, 6.45) is 1.54. The van der Waals surface area contributed by atoms with E-state index in [4.69, 9.17) is 4.74 Å². The van der Waals surface area contributed by atoms with Crippen molar-refractivity contribution in [3.63, 3.8) is 0 Å². The van der Waals surface area contributed by atoms with E-state index in [1.54, 1.807) is 4.68 Å². The number of ether oxygens (including phenoxy) is 1. The number of rotatable bonds is 4. The summed E-state index contributed by atoms with van der Waals surface area (Å²) < 4.78 is 35.5. The second-order valence-electron chi connectivity index (χ2n) is 6.59. The van der Waals surface area contributed by atoms with Crippen molar-refractivity contribution >= 4 is 5.97 Å². The molecule has 0 N–H and O–H groups in total. The van der Waals surface area contributed by atoms with Crippen molar-refractivity contribution in [3.05, 3.63) is 76.5 Å². The summed E-state index contributed by atoms with van der Waals surface area (Å²) >= 11 is 0. The maximum Gasteiger partial charge on any atom is 0.342 e. The third-order valence-corrected chi connectivity index (χ3v) is 4.83. The second kappa shape index (κ2) is 6.95. The first-order valence-electron chi connectivity index (χ1n) is 8.82. The molecule has 6 heteroatoms. The van der Waals surface area contributed by atoms with Gasteiger partial charge in [0, 0.05) is 17.7 Å². The molecule has 4 nitrogen and oxygen atoms in total. The Morgan fingerprint density at radius 2 is 1.96 bits per heavy atom. The van der Waals surface area contributed by atoms with Gasteiger partial charge in [-0.2, -0.15) is 5.10 Å². The van der Waals surface area contributed by atoms with E-state index in [2.05, 4.69) is 5.10 Å². The van der Waals surface area contributed by atoms with Gasteiger partial charge in [0.2, 0.25) is 0 Å². The van der Waals surface area contributed by atoms with E-state index in [0.29, 0.717) is 13.0 Å². The summed E-state index contributed by atoms with van der Waals surface area (Å²) in [6.45, 7) is 2.15. The van der Waals surface area contributed by atoms with Crippen LogP contribution < -0.4 is 0 Å². The minimum atomic E-state index is -0.705. The molecule has 0 bridgehead atoms. The highest BCUT2D eigenvalue weighted by Crippen LogP contribution is 2.33. The Balaban J connectivity index is 1.72. The minimum absolute atomic E-state index is 0.0933. The summed E-state index contributed by atoms with van der Waals surface area (Å²) in [5.41, 5.74) is 2.10. The Morgan fingerprint density at radius 1 is 1.19 bits per heavy atom. The molecule has 0 amide bonds. The molecular formula is C21H18F2N2O2. The largest absolute Gasteiger partial charge is 0.457 e. The second-order valence-corrected chi connectivity index (χ2v) is 6.59. The van der Waals surface area contributed by atoms with Gasteiger partial charge in [-0.25, -0.2) is 13.6 Å². The van der Waals surface area contributed by atoms with Crippen molar-refractivity contribution in [2.45, 2.75) is 32.9 Å². The third kappa shape index (κ3) is 3.12. The minimum Gasteiger partial charge on any atom is -0.457 e. The van der Waals surface area contributed by atoms with Gasteiger partial charge in [-0.05, 0) is 37.5 Å². The van der Waals surface area contributed by atoms with Gasteiger partial charge in [-0.1, -0.05) is 30.3 Å². The number of aromatic nitrogens is 2. The van der Waals surface area contributed by atoms with Crippen LogP contribution in [0.5, 0.6) is 0 Å². The molecule has 0 atom stereocenters. The van der Waals surface area contributed by atoms with Gasteiger partial charge in [0.05, 0.1) is 5.69 Å². The fourth-order valence-electron chi connectivity index (χ4n) is 3.37. The number of halogens is 2. The number of carbonyl (C=O) groups is 1. The SMILES string of the molecule is Cc1c(F)ccc(-c2nn3c(c2C(=O)OCc2ccccc2)CCC3)c1F. The van der Waals surface area contributed by atoms with Gasteiger partial charge in [0.25, 0.3) is 0 Å². The van der Waals surface area contributed by atoms with Crippen LogP contribution in [0.15, 0.2) is 42.5 Å². The van der Waals surface area contributed by atoms with Crippen molar-refractivity contribution < 1.29 is 18.3 Å². The van der Waals surface area contributed by atoms with Crippen LogP contribution in [0, 0.1) is 18.6 Å². The molecular weight excluding hydrogens is 350 g/mol. The van der Waals surface area contributed by atoms with E-state index in [-0.39, 0.29) is 29.0 Å². The molecule has 1 aromatic heterocycles. The van der Waals surface area contributed by atoms with Gasteiger partial charge in [0.15, 0.2) is 0 Å². The van der Waals surface area contributed by atoms with Gasteiger partial charge in [-0.3, -0.25) is 4.68 Å². The van der Waals surface area contributed by atoms with Crippen LogP contribution in [0.25, 0.3) is 11.3 Å². The van der Waals surface area contributed by atoms with Crippen LogP contribution in [0.3, 0.4) is 0 Å². The first-order valence-corrected chi connectivity index (χ1v) is 8.82. The normalized spacial score (nSPS) is 12.9. The van der Waals surface area contributed by atoms with E-state index < -0.39 is 17.6 Å². The molecule has 0 fully saturated rings. The molecule has 4 rings (SSSR count). The van der Waals surface area contributed by atoms with Crippen molar-refractivity contribution in [2.24, 2.45) is 0 Å². The number of fused-ring (bicyclic) bond motifs is 1. The summed E-state index contributed by atoms with van der Waals surface area (Å²) in [7, 11) is 0. The topological polar surface area (TPSA) is 44.1 Å². The predicted molar refractivity (Wildman–Crippen MR) is 96.2 cm³/mol. The summed E-state index contributed by atoms with van der Waals surface area (Å²) in [5, 5.41) is 4.42. The van der Waals surface area contributed by atoms with Gasteiger partial charge in [0.1, 0.15) is 29.5 Å². The van der Waals surface area contributed by atoms with Crippen LogP contribution in [-0.2, 0) is 24.3 Å². The third-order valence-electron chi connectivity index (χ3n) is 4.83. The van der Waals surface area contributed by atoms with E-state index in [1.807, 2.05) is 30.3 Å². The number of aryl methyl sites for hydroxylation is 1. The Labute approximate surface area is 155 Å². The van der Waals surface area contributed by atoms with Crippen LogP contribution >= 0.6 is 0 Å². The number of hydrogen-bond acceptors (Lipinski definition) is 3. The fourth-order valence-corrected chi connectivity index (χ4v) is 3.37. The van der Waals surface area contributed by atoms with E-state index in [9.17, 15) is 13.6 Å². The molecule has 0 unspecified atom stereocenters. The van der Waals surface area contributed by atoms with Gasteiger partial charge in [-0.15, -0.1) is 0 Å². The van der Waals surface area contributed by atoms with Crippen LogP contribution in [0.4, 0.5) is 8.78 Å². The maximum atomic E-state index is 14.7. The number of hydrogen-bond donors (Lipinski definition) is 0. The molecule has 0 spiro atoms. The van der Waals surface area contributed by atoms with E-state index >= 15 is 0 Å². The first kappa shape index (κ1) is 17.4. The number of nitrogens with zero attached hydrogens (tertiary/aromatic N) is 2. The highest BCUT2D eigenvalue weighted by Gasteiger charge is 2.30. The first-order chi connectivity index (χ1) is 13.1. The molecule has 2 aromatic carbocycles. The van der Waals surface area contributed by atoms with E-state index in [1.165, 1.54) is 19.1 Å². The highest BCUT2D eigenvalue weighted by molar-refractivity contribution is 5.97. The summed E-state index contributed by atoms with van der Waals surface area (Å²) in [6, 6.07) is 11.8. The monoisotopic (exact) mass is 368 g/mol. The number of esters is 1. The van der Waals surface area contributed by atoms with Crippen molar-refractivity contribution in [1.29, 1.82) is 0 Å². The average Bonchev–Trinajstić information content (AvgIpc) is 3.26. The standard InChI is InChI=1S/C21H18F2N2O2/c1-13-16(22)10-9-15(19(13)23)20-18(17-8-5-11-25(17)24-20)21(26)27-12-14-6-3-2-4-7-14/h2-4,6-7,9-10H,5,8,11-12H2,1H3. The predicted octanol–water partition coefficient (Wildman–Crippen LogP) is 4.44. The Hall–Kier alpha value is -3.02. The highest BCUT2D eigenvalue weighted by atomic mass is 19.1.